The van der Waals surface area contributed by atoms with E-state index in [1.54, 1.807) is 45.0 Å². The average molecular weight is 347 g/mol. The summed E-state index contributed by atoms with van der Waals surface area (Å²) in [5, 5.41) is 6.28. The summed E-state index contributed by atoms with van der Waals surface area (Å²) in [6.45, 7) is 5.54. The molecule has 0 atom stereocenters. The lowest BCUT2D eigenvalue weighted by Gasteiger charge is -2.19. The van der Waals surface area contributed by atoms with Crippen molar-refractivity contribution in [3.63, 3.8) is 0 Å². The van der Waals surface area contributed by atoms with Crippen molar-refractivity contribution in [1.82, 2.24) is 10.5 Å². The van der Waals surface area contributed by atoms with Crippen molar-refractivity contribution in [3.8, 4) is 17.2 Å². The number of carbonyl (C=O) groups excluding carboxylic acids is 2. The van der Waals surface area contributed by atoms with E-state index in [1.165, 1.54) is 0 Å². The smallest absolute Gasteiger partial charge is 0.407 e. The quantitative estimate of drug-likeness (QED) is 0.775. The van der Waals surface area contributed by atoms with Gasteiger partial charge in [0, 0.05) is 5.56 Å². The zero-order chi connectivity index (χ0) is 18.4. The molecule has 0 fully saturated rings. The third-order valence-electron chi connectivity index (χ3n) is 2.95. The summed E-state index contributed by atoms with van der Waals surface area (Å²) in [4.78, 5) is 23.3. The van der Waals surface area contributed by atoms with Gasteiger partial charge in [-0.25, -0.2) is 4.79 Å². The monoisotopic (exact) mass is 347 g/mol. The van der Waals surface area contributed by atoms with Gasteiger partial charge in [-0.15, -0.1) is 0 Å². The molecular weight excluding hydrogens is 326 g/mol. The van der Waals surface area contributed by atoms with Gasteiger partial charge in [-0.05, 0) is 25.9 Å². The van der Waals surface area contributed by atoms with Crippen LogP contribution in [0.3, 0.4) is 0 Å². The maximum atomic E-state index is 11.7. The van der Waals surface area contributed by atoms with Crippen LogP contribution < -0.4 is 15.8 Å². The van der Waals surface area contributed by atoms with Gasteiger partial charge in [0.1, 0.15) is 12.2 Å². The van der Waals surface area contributed by atoms with E-state index in [-0.39, 0.29) is 30.4 Å². The molecule has 1 heterocycles. The number of carbonyl (C=O) groups is 2. The van der Waals surface area contributed by atoms with Crippen molar-refractivity contribution < 1.29 is 23.6 Å². The van der Waals surface area contributed by atoms with Gasteiger partial charge >= 0.3 is 6.09 Å². The average Bonchev–Trinajstić information content (AvgIpc) is 2.95. The first kappa shape index (κ1) is 18.3. The Balaban J connectivity index is 1.98. The molecule has 0 spiro atoms. The minimum atomic E-state index is -0.713. The Hall–Kier alpha value is -3.03. The third-order valence-corrected chi connectivity index (χ3v) is 2.95. The maximum Gasteiger partial charge on any atom is 0.407 e. The molecule has 2 amide bonds. The molecule has 25 heavy (non-hydrogen) atoms. The normalized spacial score (nSPS) is 11.0. The highest BCUT2D eigenvalue weighted by Crippen LogP contribution is 2.30. The summed E-state index contributed by atoms with van der Waals surface area (Å²) in [5.74, 6) is -0.490. The first-order valence-corrected chi connectivity index (χ1v) is 7.72. The Morgan fingerprint density at radius 1 is 1.24 bits per heavy atom. The second-order valence-corrected chi connectivity index (χ2v) is 6.20. The summed E-state index contributed by atoms with van der Waals surface area (Å²) < 4.78 is 15.7. The van der Waals surface area contributed by atoms with Crippen LogP contribution >= 0.6 is 0 Å². The van der Waals surface area contributed by atoms with Crippen LogP contribution in [0.15, 0.2) is 34.9 Å². The van der Waals surface area contributed by atoms with Crippen molar-refractivity contribution in [2.24, 2.45) is 5.73 Å². The number of amides is 2. The molecule has 0 saturated carbocycles. The van der Waals surface area contributed by atoms with E-state index in [0.717, 1.165) is 0 Å². The number of nitrogens with two attached hydrogens (primary N) is 1. The number of aromatic nitrogens is 1. The van der Waals surface area contributed by atoms with Gasteiger partial charge in [0.2, 0.25) is 0 Å². The van der Waals surface area contributed by atoms with Gasteiger partial charge in [-0.2, -0.15) is 0 Å². The van der Waals surface area contributed by atoms with Crippen LogP contribution in [0, 0.1) is 0 Å². The Morgan fingerprint density at radius 3 is 2.52 bits per heavy atom. The molecular formula is C17H21N3O5. The maximum absolute atomic E-state index is 11.7. The second-order valence-electron chi connectivity index (χ2n) is 6.20. The summed E-state index contributed by atoms with van der Waals surface area (Å²) in [7, 11) is 0. The molecule has 8 heteroatoms. The SMILES string of the molecule is CC(C)(C)OC(=O)NCCOc1noc(-c2ccccc2)c1C(N)=O. The fraction of sp³-hybridized carbons (Fsp3) is 0.353. The number of primary amides is 1. The van der Waals surface area contributed by atoms with Crippen molar-refractivity contribution in [3.05, 3.63) is 35.9 Å². The molecule has 2 rings (SSSR count). The van der Waals surface area contributed by atoms with E-state index >= 15 is 0 Å². The zero-order valence-corrected chi connectivity index (χ0v) is 14.4. The van der Waals surface area contributed by atoms with Crippen molar-refractivity contribution in [2.75, 3.05) is 13.2 Å². The summed E-state index contributed by atoms with van der Waals surface area (Å²) >= 11 is 0. The fourth-order valence-electron chi connectivity index (χ4n) is 1.99. The van der Waals surface area contributed by atoms with Crippen molar-refractivity contribution in [2.45, 2.75) is 26.4 Å². The molecule has 3 N–H and O–H groups in total. The standard InChI is InChI=1S/C17H21N3O5/c1-17(2,3)24-16(22)19-9-10-23-15-12(14(18)21)13(25-20-15)11-7-5-4-6-8-11/h4-8H,9-10H2,1-3H3,(H2,18,21)(H,19,22). The van der Waals surface area contributed by atoms with Crippen LogP contribution in [0.1, 0.15) is 31.1 Å². The van der Waals surface area contributed by atoms with Crippen LogP contribution in [0.2, 0.25) is 0 Å². The Labute approximate surface area is 145 Å². The van der Waals surface area contributed by atoms with Gasteiger partial charge in [0.05, 0.1) is 6.54 Å². The molecule has 0 unspecified atom stereocenters. The number of nitrogens with one attached hydrogen (secondary N) is 1. The minimum absolute atomic E-state index is 0.0164. The summed E-state index contributed by atoms with van der Waals surface area (Å²) in [5.41, 5.74) is 5.54. The number of nitrogens with zero attached hydrogens (tertiary/aromatic N) is 1. The first-order chi connectivity index (χ1) is 11.8. The Kier molecular flexibility index (Phi) is 5.63. The molecule has 0 aliphatic heterocycles. The van der Waals surface area contributed by atoms with Crippen LogP contribution in [0.4, 0.5) is 4.79 Å². The molecule has 0 saturated heterocycles. The molecule has 1 aromatic heterocycles. The highest BCUT2D eigenvalue weighted by Gasteiger charge is 2.23. The van der Waals surface area contributed by atoms with Crippen LogP contribution in [-0.2, 0) is 4.74 Å². The molecule has 0 aliphatic carbocycles. The lowest BCUT2D eigenvalue weighted by molar-refractivity contribution is 0.0519. The molecule has 134 valence electrons. The zero-order valence-electron chi connectivity index (χ0n) is 14.4. The highest BCUT2D eigenvalue weighted by molar-refractivity contribution is 6.00. The predicted octanol–water partition coefficient (Wildman–Crippen LogP) is 2.34. The topological polar surface area (TPSA) is 117 Å². The van der Waals surface area contributed by atoms with Crippen LogP contribution in [0.25, 0.3) is 11.3 Å². The number of benzene rings is 1. The van der Waals surface area contributed by atoms with Gasteiger partial charge in [-0.3, -0.25) is 4.79 Å². The van der Waals surface area contributed by atoms with E-state index < -0.39 is 17.6 Å². The van der Waals surface area contributed by atoms with Crippen molar-refractivity contribution in [1.29, 1.82) is 0 Å². The van der Waals surface area contributed by atoms with E-state index in [1.807, 2.05) is 6.07 Å². The lowest BCUT2D eigenvalue weighted by atomic mass is 10.1. The van der Waals surface area contributed by atoms with E-state index in [4.69, 9.17) is 19.7 Å². The molecule has 0 bridgehead atoms. The van der Waals surface area contributed by atoms with Crippen LogP contribution in [-0.4, -0.2) is 35.9 Å². The molecule has 2 aromatic rings. The van der Waals surface area contributed by atoms with Crippen LogP contribution in [0.5, 0.6) is 5.88 Å². The number of ether oxygens (including phenoxy) is 2. The number of rotatable bonds is 6. The molecule has 0 aliphatic rings. The van der Waals surface area contributed by atoms with E-state index in [9.17, 15) is 9.59 Å². The molecule has 1 aromatic carbocycles. The fourth-order valence-corrected chi connectivity index (χ4v) is 1.99. The van der Waals surface area contributed by atoms with Gasteiger partial charge in [-0.1, -0.05) is 30.3 Å². The number of alkyl carbamates (subject to hydrolysis) is 1. The Morgan fingerprint density at radius 2 is 1.92 bits per heavy atom. The van der Waals surface area contributed by atoms with E-state index in [2.05, 4.69) is 10.5 Å². The minimum Gasteiger partial charge on any atom is -0.473 e. The van der Waals surface area contributed by atoms with Crippen molar-refractivity contribution >= 4 is 12.0 Å². The number of hydrogen-bond acceptors (Lipinski definition) is 6. The van der Waals surface area contributed by atoms with Gasteiger partial charge in [0.15, 0.2) is 11.3 Å². The first-order valence-electron chi connectivity index (χ1n) is 7.72. The summed E-state index contributed by atoms with van der Waals surface area (Å²) in [6.07, 6.45) is -0.559. The molecule has 8 nitrogen and oxygen atoms in total. The largest absolute Gasteiger partial charge is 0.473 e. The predicted molar refractivity (Wildman–Crippen MR) is 90.2 cm³/mol. The molecule has 0 radical (unpaired) electrons. The Bertz CT molecular complexity index is 734. The third kappa shape index (κ3) is 5.23. The highest BCUT2D eigenvalue weighted by atomic mass is 16.6. The van der Waals surface area contributed by atoms with E-state index in [0.29, 0.717) is 5.56 Å². The lowest BCUT2D eigenvalue weighted by Crippen LogP contribution is -2.34. The summed E-state index contributed by atoms with van der Waals surface area (Å²) in [6, 6.07) is 8.97. The van der Waals surface area contributed by atoms with Gasteiger partial charge < -0.3 is 25.0 Å². The number of hydrogen-bond donors (Lipinski definition) is 2. The second kappa shape index (κ2) is 7.69. The van der Waals surface area contributed by atoms with Gasteiger partial charge in [0.25, 0.3) is 11.8 Å².